The summed E-state index contributed by atoms with van der Waals surface area (Å²) in [6.45, 7) is 5.26. The van der Waals surface area contributed by atoms with Crippen LogP contribution in [0, 0.1) is 0 Å². The molecule has 1 aliphatic heterocycles. The van der Waals surface area contributed by atoms with Gasteiger partial charge in [-0.15, -0.1) is 0 Å². The second-order valence-corrected chi connectivity index (χ2v) is 3.49. The number of likely N-dealkylation sites (N-methyl/N-ethyl adjacent to an activating group) is 1. The molecule has 1 fully saturated rings. The molecule has 0 aromatic heterocycles. The zero-order valence-corrected chi connectivity index (χ0v) is 7.21. The number of aliphatic hydroxyl groups is 1. The van der Waals surface area contributed by atoms with Crippen molar-refractivity contribution in [2.75, 3.05) is 26.2 Å². The fourth-order valence-electron chi connectivity index (χ4n) is 1.66. The van der Waals surface area contributed by atoms with Crippen molar-refractivity contribution in [3.8, 4) is 0 Å². The first kappa shape index (κ1) is 8.97. The van der Waals surface area contributed by atoms with Crippen LogP contribution in [0.15, 0.2) is 0 Å². The molecule has 0 bridgehead atoms. The van der Waals surface area contributed by atoms with E-state index in [1.807, 2.05) is 0 Å². The van der Waals surface area contributed by atoms with E-state index in [0.717, 1.165) is 32.5 Å². The van der Waals surface area contributed by atoms with Crippen LogP contribution in [0.25, 0.3) is 0 Å². The SMILES string of the molecule is CCN1CCCC(N)(CO)C1. The normalized spacial score (nSPS) is 34.1. The van der Waals surface area contributed by atoms with Gasteiger partial charge in [-0.05, 0) is 25.9 Å². The Morgan fingerprint density at radius 1 is 1.64 bits per heavy atom. The van der Waals surface area contributed by atoms with Crippen molar-refractivity contribution >= 4 is 0 Å². The van der Waals surface area contributed by atoms with Crippen LogP contribution in [0.2, 0.25) is 0 Å². The van der Waals surface area contributed by atoms with Crippen molar-refractivity contribution in [1.82, 2.24) is 4.90 Å². The largest absolute Gasteiger partial charge is 0.394 e. The van der Waals surface area contributed by atoms with E-state index in [1.54, 1.807) is 0 Å². The fraction of sp³-hybridized carbons (Fsp3) is 1.00. The maximum Gasteiger partial charge on any atom is 0.0623 e. The topological polar surface area (TPSA) is 49.5 Å². The first-order valence-electron chi connectivity index (χ1n) is 4.32. The van der Waals surface area contributed by atoms with Gasteiger partial charge in [-0.25, -0.2) is 0 Å². The molecule has 1 atom stereocenters. The number of hydrogen-bond acceptors (Lipinski definition) is 3. The molecule has 1 rings (SSSR count). The van der Waals surface area contributed by atoms with Crippen LogP contribution in [0.1, 0.15) is 19.8 Å². The molecule has 0 radical (unpaired) electrons. The average Bonchev–Trinajstić information content (AvgIpc) is 2.05. The molecule has 11 heavy (non-hydrogen) atoms. The summed E-state index contributed by atoms with van der Waals surface area (Å²) >= 11 is 0. The molecule has 0 amide bonds. The van der Waals surface area contributed by atoms with E-state index < -0.39 is 0 Å². The second-order valence-electron chi connectivity index (χ2n) is 3.49. The van der Waals surface area contributed by atoms with E-state index in [1.165, 1.54) is 0 Å². The van der Waals surface area contributed by atoms with Crippen LogP contribution in [0.5, 0.6) is 0 Å². The smallest absolute Gasteiger partial charge is 0.0623 e. The summed E-state index contributed by atoms with van der Waals surface area (Å²) in [7, 11) is 0. The van der Waals surface area contributed by atoms with Gasteiger partial charge in [0.25, 0.3) is 0 Å². The van der Waals surface area contributed by atoms with Gasteiger partial charge in [0.15, 0.2) is 0 Å². The van der Waals surface area contributed by atoms with Crippen molar-refractivity contribution in [2.45, 2.75) is 25.3 Å². The molecule has 0 saturated carbocycles. The Labute approximate surface area is 68.2 Å². The molecule has 3 N–H and O–H groups in total. The van der Waals surface area contributed by atoms with Gasteiger partial charge in [0.05, 0.1) is 12.1 Å². The number of likely N-dealkylation sites (tertiary alicyclic amines) is 1. The Bertz CT molecular complexity index is 129. The minimum Gasteiger partial charge on any atom is -0.394 e. The molecule has 1 aliphatic rings. The van der Waals surface area contributed by atoms with E-state index >= 15 is 0 Å². The maximum atomic E-state index is 9.01. The highest BCUT2D eigenvalue weighted by Gasteiger charge is 2.29. The predicted octanol–water partition coefficient (Wildman–Crippen LogP) is -0.208. The lowest BCUT2D eigenvalue weighted by Gasteiger charge is -2.38. The Kier molecular flexibility index (Phi) is 2.87. The van der Waals surface area contributed by atoms with Crippen LogP contribution in [-0.2, 0) is 0 Å². The highest BCUT2D eigenvalue weighted by Crippen LogP contribution is 2.17. The second kappa shape index (κ2) is 3.52. The van der Waals surface area contributed by atoms with Crippen LogP contribution in [-0.4, -0.2) is 41.8 Å². The minimum atomic E-state index is -0.325. The Balaban J connectivity index is 2.44. The molecule has 0 aromatic carbocycles. The Morgan fingerprint density at radius 2 is 2.36 bits per heavy atom. The number of hydrogen-bond donors (Lipinski definition) is 2. The van der Waals surface area contributed by atoms with Crippen molar-refractivity contribution in [1.29, 1.82) is 0 Å². The lowest BCUT2D eigenvalue weighted by Crippen LogP contribution is -2.56. The van der Waals surface area contributed by atoms with Crippen molar-refractivity contribution in [3.05, 3.63) is 0 Å². The van der Waals surface area contributed by atoms with Crippen molar-refractivity contribution in [3.63, 3.8) is 0 Å². The third-order valence-corrected chi connectivity index (χ3v) is 2.45. The Hall–Kier alpha value is -0.120. The summed E-state index contributed by atoms with van der Waals surface area (Å²) < 4.78 is 0. The summed E-state index contributed by atoms with van der Waals surface area (Å²) in [6, 6.07) is 0. The summed E-state index contributed by atoms with van der Waals surface area (Å²) in [5.74, 6) is 0. The molecule has 0 aromatic rings. The van der Waals surface area contributed by atoms with Gasteiger partial charge >= 0.3 is 0 Å². The first-order chi connectivity index (χ1) is 5.20. The lowest BCUT2D eigenvalue weighted by atomic mass is 9.91. The van der Waals surface area contributed by atoms with Gasteiger partial charge in [0.2, 0.25) is 0 Å². The van der Waals surface area contributed by atoms with Gasteiger partial charge in [0, 0.05) is 6.54 Å². The van der Waals surface area contributed by atoms with E-state index in [9.17, 15) is 0 Å². The predicted molar refractivity (Wildman–Crippen MR) is 45.4 cm³/mol. The van der Waals surface area contributed by atoms with Crippen LogP contribution < -0.4 is 5.73 Å². The molecular weight excluding hydrogens is 140 g/mol. The zero-order chi connectivity index (χ0) is 8.32. The van der Waals surface area contributed by atoms with E-state index in [0.29, 0.717) is 0 Å². The van der Waals surface area contributed by atoms with Gasteiger partial charge in [-0.3, -0.25) is 0 Å². The first-order valence-corrected chi connectivity index (χ1v) is 4.32. The number of piperidine rings is 1. The number of aliphatic hydroxyl groups excluding tert-OH is 1. The van der Waals surface area contributed by atoms with E-state index in [2.05, 4.69) is 11.8 Å². The standard InChI is InChI=1S/C8H18N2O/c1-2-10-5-3-4-8(9,6-10)7-11/h11H,2-7,9H2,1H3. The summed E-state index contributed by atoms with van der Waals surface area (Å²) in [6.07, 6.45) is 2.07. The van der Waals surface area contributed by atoms with Crippen LogP contribution in [0.4, 0.5) is 0 Å². The van der Waals surface area contributed by atoms with Crippen LogP contribution >= 0.6 is 0 Å². The molecule has 3 heteroatoms. The summed E-state index contributed by atoms with van der Waals surface area (Å²) in [4.78, 5) is 2.29. The third-order valence-electron chi connectivity index (χ3n) is 2.45. The molecule has 1 saturated heterocycles. The summed E-state index contributed by atoms with van der Waals surface area (Å²) in [5, 5.41) is 9.01. The van der Waals surface area contributed by atoms with E-state index in [4.69, 9.17) is 10.8 Å². The van der Waals surface area contributed by atoms with E-state index in [-0.39, 0.29) is 12.1 Å². The molecule has 0 aliphatic carbocycles. The van der Waals surface area contributed by atoms with Gasteiger partial charge in [0.1, 0.15) is 0 Å². The van der Waals surface area contributed by atoms with Crippen molar-refractivity contribution in [2.24, 2.45) is 5.73 Å². The van der Waals surface area contributed by atoms with Crippen LogP contribution in [0.3, 0.4) is 0 Å². The molecule has 3 nitrogen and oxygen atoms in total. The molecule has 1 unspecified atom stereocenters. The monoisotopic (exact) mass is 158 g/mol. The Morgan fingerprint density at radius 3 is 2.91 bits per heavy atom. The van der Waals surface area contributed by atoms with Crippen molar-refractivity contribution < 1.29 is 5.11 Å². The average molecular weight is 158 g/mol. The number of nitrogens with zero attached hydrogens (tertiary/aromatic N) is 1. The molecule has 1 heterocycles. The summed E-state index contributed by atoms with van der Waals surface area (Å²) in [5.41, 5.74) is 5.61. The quantitative estimate of drug-likeness (QED) is 0.585. The molecule has 66 valence electrons. The van der Waals surface area contributed by atoms with Gasteiger partial charge < -0.3 is 15.7 Å². The highest BCUT2D eigenvalue weighted by atomic mass is 16.3. The minimum absolute atomic E-state index is 0.115. The fourth-order valence-corrected chi connectivity index (χ4v) is 1.66. The number of nitrogens with two attached hydrogens (primary N) is 1. The molecule has 0 spiro atoms. The molecular formula is C8H18N2O. The highest BCUT2D eigenvalue weighted by molar-refractivity contribution is 4.90. The maximum absolute atomic E-state index is 9.01. The lowest BCUT2D eigenvalue weighted by molar-refractivity contribution is 0.0979. The number of rotatable bonds is 2. The van der Waals surface area contributed by atoms with Gasteiger partial charge in [-0.2, -0.15) is 0 Å². The third kappa shape index (κ3) is 2.15. The zero-order valence-electron chi connectivity index (χ0n) is 7.21. The van der Waals surface area contributed by atoms with Gasteiger partial charge in [-0.1, -0.05) is 6.92 Å².